The first kappa shape index (κ1) is 54.7. The summed E-state index contributed by atoms with van der Waals surface area (Å²) in [4.78, 5) is 34.9. The third-order valence-corrected chi connectivity index (χ3v) is 10.4. The average Bonchev–Trinajstić information content (AvgIpc) is 3.20. The van der Waals surface area contributed by atoms with E-state index in [9.17, 15) is 19.0 Å². The normalized spacial score (nSPS) is 13.8. The first-order valence-corrected chi connectivity index (χ1v) is 24.3. The fraction of sp³-hybridized carbons (Fsp3) is 0.745. The average molecular weight is 822 g/mol. The van der Waals surface area contributed by atoms with Crippen molar-refractivity contribution >= 4 is 19.8 Å². The van der Waals surface area contributed by atoms with Gasteiger partial charge in [-0.1, -0.05) is 158 Å². The summed E-state index contributed by atoms with van der Waals surface area (Å²) in [6.45, 7) is 3.66. The Kier molecular flexibility index (Phi) is 41.6. The van der Waals surface area contributed by atoms with E-state index in [-0.39, 0.29) is 32.6 Å². The second-order valence-corrected chi connectivity index (χ2v) is 16.4. The van der Waals surface area contributed by atoms with Gasteiger partial charge in [-0.3, -0.25) is 18.6 Å². The largest absolute Gasteiger partial charge is 0.472 e. The number of phosphoric ester groups is 1. The van der Waals surface area contributed by atoms with Crippen molar-refractivity contribution in [1.29, 1.82) is 0 Å². The number of carbonyl (C=O) groups is 2. The lowest BCUT2D eigenvalue weighted by Gasteiger charge is -2.19. The van der Waals surface area contributed by atoms with Gasteiger partial charge in [0.25, 0.3) is 0 Å². The smallest absolute Gasteiger partial charge is 0.462 e. The summed E-state index contributed by atoms with van der Waals surface area (Å²) in [5.41, 5.74) is 5.35. The van der Waals surface area contributed by atoms with Crippen molar-refractivity contribution < 1.29 is 37.6 Å². The molecule has 0 heterocycles. The van der Waals surface area contributed by atoms with E-state index < -0.39 is 32.5 Å². The number of ether oxygens (including phenoxy) is 2. The molecular formula is C47H84NO8P. The molecule has 0 bridgehead atoms. The third kappa shape index (κ3) is 43.1. The van der Waals surface area contributed by atoms with Gasteiger partial charge in [0.2, 0.25) is 0 Å². The second-order valence-electron chi connectivity index (χ2n) is 14.9. The summed E-state index contributed by atoms with van der Waals surface area (Å²) >= 11 is 0. The van der Waals surface area contributed by atoms with Gasteiger partial charge in [-0.15, -0.1) is 0 Å². The number of nitrogens with two attached hydrogens (primary N) is 1. The van der Waals surface area contributed by atoms with Crippen LogP contribution in [0.2, 0.25) is 0 Å². The van der Waals surface area contributed by atoms with Crippen molar-refractivity contribution in [3.05, 3.63) is 60.8 Å². The van der Waals surface area contributed by atoms with E-state index >= 15 is 0 Å². The molecule has 9 nitrogen and oxygen atoms in total. The van der Waals surface area contributed by atoms with E-state index in [0.717, 1.165) is 64.2 Å². The van der Waals surface area contributed by atoms with Crippen LogP contribution in [0.1, 0.15) is 194 Å². The number of unbranched alkanes of at least 4 members (excludes halogenated alkanes) is 19. The van der Waals surface area contributed by atoms with Crippen molar-refractivity contribution in [2.45, 2.75) is 200 Å². The highest BCUT2D eigenvalue weighted by atomic mass is 31.2. The summed E-state index contributed by atoms with van der Waals surface area (Å²) < 4.78 is 32.8. The van der Waals surface area contributed by atoms with Gasteiger partial charge in [0.05, 0.1) is 13.2 Å². The van der Waals surface area contributed by atoms with Gasteiger partial charge < -0.3 is 20.1 Å². The monoisotopic (exact) mass is 822 g/mol. The molecule has 0 aliphatic carbocycles. The molecule has 0 saturated heterocycles. The van der Waals surface area contributed by atoms with Crippen LogP contribution in [0.25, 0.3) is 0 Å². The number of phosphoric acid groups is 1. The zero-order valence-electron chi connectivity index (χ0n) is 36.3. The van der Waals surface area contributed by atoms with Crippen LogP contribution >= 0.6 is 7.82 Å². The Morgan fingerprint density at radius 3 is 1.42 bits per heavy atom. The van der Waals surface area contributed by atoms with Crippen LogP contribution < -0.4 is 5.73 Å². The zero-order chi connectivity index (χ0) is 41.8. The molecule has 0 aromatic heterocycles. The summed E-state index contributed by atoms with van der Waals surface area (Å²) in [5, 5.41) is 0. The summed E-state index contributed by atoms with van der Waals surface area (Å²) in [6.07, 6.45) is 51.0. The van der Waals surface area contributed by atoms with Crippen molar-refractivity contribution in [2.24, 2.45) is 5.73 Å². The third-order valence-electron chi connectivity index (χ3n) is 9.38. The van der Waals surface area contributed by atoms with Gasteiger partial charge in [0, 0.05) is 19.4 Å². The van der Waals surface area contributed by atoms with Gasteiger partial charge in [0.1, 0.15) is 6.61 Å². The van der Waals surface area contributed by atoms with Crippen LogP contribution in [-0.2, 0) is 32.7 Å². The Morgan fingerprint density at radius 2 is 0.912 bits per heavy atom. The number of carbonyl (C=O) groups excluding carboxylic acids is 2. The fourth-order valence-electron chi connectivity index (χ4n) is 5.96. The molecule has 0 radical (unpaired) electrons. The lowest BCUT2D eigenvalue weighted by molar-refractivity contribution is -0.161. The standard InChI is InChI=1S/C47H84NO8P/c1-3-5-7-9-11-13-15-17-19-21-22-24-25-27-29-31-33-35-37-39-46(49)53-43-45(44-55-57(51,52)54-42-41-48)56-47(50)40-38-36-34-32-30-28-26-23-20-18-16-14-12-10-8-6-4-2/h11,13,17-20,22,24,27,29,45H,3-10,12,14-16,21,23,25-26,28,30-44,48H2,1-2H3,(H,51,52). The van der Waals surface area contributed by atoms with Crippen molar-refractivity contribution in [2.75, 3.05) is 26.4 Å². The SMILES string of the molecule is CCCCCC=CCC=CCC=CCC=CCCCCCC(=O)OCC(COP(=O)(O)OCCN)OC(=O)CCCCCCCCCC=CCCCCCCCC. The molecule has 0 spiro atoms. The van der Waals surface area contributed by atoms with Gasteiger partial charge in [0.15, 0.2) is 6.10 Å². The molecule has 10 heteroatoms. The highest BCUT2D eigenvalue weighted by molar-refractivity contribution is 7.47. The number of allylic oxidation sites excluding steroid dienone is 10. The molecule has 0 rings (SSSR count). The second kappa shape index (κ2) is 43.3. The van der Waals surface area contributed by atoms with Crippen LogP contribution in [-0.4, -0.2) is 49.3 Å². The van der Waals surface area contributed by atoms with Crippen LogP contribution in [0.15, 0.2) is 60.8 Å². The van der Waals surface area contributed by atoms with Crippen LogP contribution in [0, 0.1) is 0 Å². The highest BCUT2D eigenvalue weighted by Crippen LogP contribution is 2.43. The molecule has 3 N–H and O–H groups in total. The fourth-order valence-corrected chi connectivity index (χ4v) is 6.73. The van der Waals surface area contributed by atoms with E-state index in [1.807, 2.05) is 0 Å². The predicted octanol–water partition coefficient (Wildman–Crippen LogP) is 13.3. The first-order chi connectivity index (χ1) is 27.8. The molecular weight excluding hydrogens is 737 g/mol. The predicted molar refractivity (Wildman–Crippen MR) is 238 cm³/mol. The van der Waals surface area contributed by atoms with Crippen molar-refractivity contribution in [3.63, 3.8) is 0 Å². The van der Waals surface area contributed by atoms with E-state index in [1.165, 1.54) is 89.9 Å². The maximum absolute atomic E-state index is 12.6. The quantitative estimate of drug-likeness (QED) is 0.0267. The summed E-state index contributed by atoms with van der Waals surface area (Å²) in [5.74, 6) is -0.871. The lowest BCUT2D eigenvalue weighted by Crippen LogP contribution is -2.29. The van der Waals surface area contributed by atoms with Crippen LogP contribution in [0.4, 0.5) is 0 Å². The Labute approximate surface area is 349 Å². The number of rotatable bonds is 42. The minimum absolute atomic E-state index is 0.0458. The van der Waals surface area contributed by atoms with Crippen LogP contribution in [0.5, 0.6) is 0 Å². The van der Waals surface area contributed by atoms with Crippen molar-refractivity contribution in [3.8, 4) is 0 Å². The Morgan fingerprint density at radius 1 is 0.526 bits per heavy atom. The molecule has 0 aliphatic heterocycles. The maximum atomic E-state index is 12.6. The maximum Gasteiger partial charge on any atom is 0.472 e. The van der Waals surface area contributed by atoms with E-state index in [1.54, 1.807) is 0 Å². The first-order valence-electron chi connectivity index (χ1n) is 22.8. The lowest BCUT2D eigenvalue weighted by atomic mass is 10.1. The molecule has 330 valence electrons. The molecule has 0 aliphatic rings. The zero-order valence-corrected chi connectivity index (χ0v) is 37.2. The van der Waals surface area contributed by atoms with Crippen molar-refractivity contribution in [1.82, 2.24) is 0 Å². The minimum Gasteiger partial charge on any atom is -0.462 e. The molecule has 0 aromatic carbocycles. The number of esters is 2. The van der Waals surface area contributed by atoms with Gasteiger partial charge in [-0.25, -0.2) is 4.57 Å². The summed E-state index contributed by atoms with van der Waals surface area (Å²) in [7, 11) is -4.39. The van der Waals surface area contributed by atoms with E-state index in [4.69, 9.17) is 24.3 Å². The number of hydrogen-bond donors (Lipinski definition) is 2. The van der Waals surface area contributed by atoms with E-state index in [0.29, 0.717) is 12.8 Å². The number of hydrogen-bond acceptors (Lipinski definition) is 8. The van der Waals surface area contributed by atoms with Gasteiger partial charge in [-0.05, 0) is 83.5 Å². The topological polar surface area (TPSA) is 134 Å². The molecule has 0 saturated carbocycles. The Bertz CT molecular complexity index is 1120. The van der Waals surface area contributed by atoms with E-state index in [2.05, 4.69) is 74.6 Å². The molecule has 2 atom stereocenters. The molecule has 57 heavy (non-hydrogen) atoms. The molecule has 0 amide bonds. The Hall–Kier alpha value is -2.29. The molecule has 0 aromatic rings. The van der Waals surface area contributed by atoms with Gasteiger partial charge in [-0.2, -0.15) is 0 Å². The minimum atomic E-state index is -4.39. The molecule has 0 fully saturated rings. The van der Waals surface area contributed by atoms with Crippen LogP contribution in [0.3, 0.4) is 0 Å². The summed E-state index contributed by atoms with van der Waals surface area (Å²) in [6, 6.07) is 0. The highest BCUT2D eigenvalue weighted by Gasteiger charge is 2.26. The van der Waals surface area contributed by atoms with Gasteiger partial charge >= 0.3 is 19.8 Å². The molecule has 2 unspecified atom stereocenters. The Balaban J connectivity index is 4.21.